The van der Waals surface area contributed by atoms with Crippen molar-refractivity contribution in [3.63, 3.8) is 0 Å². The van der Waals surface area contributed by atoms with Gasteiger partial charge in [-0.05, 0) is 0 Å². The first kappa shape index (κ1) is 28.2. The maximum Gasteiger partial charge on any atom is -0.0745 e. The van der Waals surface area contributed by atoms with E-state index in [-0.39, 0.29) is 24.8 Å². The number of hydrogen-bond donors (Lipinski definition) is 1. The summed E-state index contributed by atoms with van der Waals surface area (Å²) in [6, 6.07) is 10.1. The van der Waals surface area contributed by atoms with Crippen LogP contribution in [-0.4, -0.2) is 8.80 Å². The normalized spacial score (nSPS) is 10.0. The van der Waals surface area contributed by atoms with Crippen molar-refractivity contribution in [3.8, 4) is 0 Å². The van der Waals surface area contributed by atoms with E-state index >= 15 is 0 Å². The molecule has 24 heavy (non-hydrogen) atoms. The number of rotatable bonds is 0. The molecule has 0 atom stereocenters. The first-order valence-corrected chi connectivity index (χ1v) is 8.15. The fraction of sp³-hybridized carbons (Fsp3) is 0.300. The third kappa shape index (κ3) is 19.5. The van der Waals surface area contributed by atoms with E-state index in [0.717, 1.165) is 11.9 Å². The molecule has 0 fully saturated rings. The van der Waals surface area contributed by atoms with Crippen LogP contribution < -0.4 is 0 Å². The standard InChI is InChI=1S/C8H6N.C5H5.C4H9.C3H6.2ClH.Ti/c1-2-4-8-7(3-1)5-6-9-8;1-2-4-5-3-1;1-4(2)3;1-3-2;;;/h1-5,9H;1-3H,4H2;1-3H3;1-2H3;2*1H;/q3*-1;;;;. The van der Waals surface area contributed by atoms with Crippen molar-refractivity contribution in [1.82, 2.24) is 4.98 Å². The molecule has 0 bridgehead atoms. The van der Waals surface area contributed by atoms with E-state index in [0.29, 0.717) is 0 Å². The van der Waals surface area contributed by atoms with Crippen LogP contribution in [0.5, 0.6) is 0 Å². The van der Waals surface area contributed by atoms with Crippen LogP contribution >= 0.6 is 24.8 Å². The van der Waals surface area contributed by atoms with Crippen LogP contribution in [0.25, 0.3) is 10.9 Å². The van der Waals surface area contributed by atoms with E-state index in [1.54, 1.807) is 0 Å². The van der Waals surface area contributed by atoms with E-state index in [9.17, 15) is 0 Å². The second-order valence-electron chi connectivity index (χ2n) is 5.50. The van der Waals surface area contributed by atoms with Crippen LogP contribution in [0.2, 0.25) is 0 Å². The Morgan fingerprint density at radius 2 is 1.67 bits per heavy atom. The van der Waals surface area contributed by atoms with Gasteiger partial charge in [-0.15, -0.1) is 55.1 Å². The van der Waals surface area contributed by atoms with E-state index < -0.39 is 0 Å². The third-order valence-electron chi connectivity index (χ3n) is 1.98. The molecule has 1 aromatic carbocycles. The molecule has 1 aliphatic carbocycles. The largest absolute Gasteiger partial charge is 0.477 e. The topological polar surface area (TPSA) is 15.8 Å². The SMILES string of the molecule is C[C-](C)C.C[C](C)=[Ti].Cl.Cl.[C-]1=CC=CC1.[c-]1cc2ccccc2[nH]1. The number of aromatic nitrogens is 1. The molecule has 1 aromatic heterocycles. The van der Waals surface area contributed by atoms with Gasteiger partial charge in [0, 0.05) is 0 Å². The summed E-state index contributed by atoms with van der Waals surface area (Å²) in [5, 5.41) is 1.22. The number of aromatic amines is 1. The fourth-order valence-electron chi connectivity index (χ4n) is 1.27. The number of allylic oxidation sites excluding steroid dienone is 4. The van der Waals surface area contributed by atoms with Crippen molar-refractivity contribution >= 4 is 39.5 Å². The number of benzene rings is 1. The number of para-hydroxylation sites is 1. The molecule has 0 spiro atoms. The minimum atomic E-state index is 0. The molecule has 4 heteroatoms. The Hall–Kier alpha value is -0.596. The Kier molecular flexibility index (Phi) is 22.0. The molecule has 1 N–H and O–H groups in total. The van der Waals surface area contributed by atoms with E-state index in [1.165, 1.54) is 15.1 Å². The second-order valence-corrected chi connectivity index (χ2v) is 7.07. The maximum absolute atomic E-state index is 2.99. The zero-order chi connectivity index (χ0) is 16.8. The van der Waals surface area contributed by atoms with Crippen molar-refractivity contribution in [1.29, 1.82) is 0 Å². The Morgan fingerprint density at radius 3 is 2.04 bits per heavy atom. The van der Waals surface area contributed by atoms with Crippen LogP contribution in [0, 0.1) is 18.2 Å². The molecule has 3 rings (SSSR count). The van der Waals surface area contributed by atoms with Crippen LogP contribution in [0.3, 0.4) is 0 Å². The maximum atomic E-state index is 2.99. The van der Waals surface area contributed by atoms with Gasteiger partial charge in [0.1, 0.15) is 0 Å². The first-order valence-electron chi connectivity index (χ1n) is 7.37. The summed E-state index contributed by atoms with van der Waals surface area (Å²) < 4.78 is 1.42. The second kappa shape index (κ2) is 18.7. The van der Waals surface area contributed by atoms with E-state index in [2.05, 4.69) is 84.0 Å². The average molecular weight is 401 g/mol. The molecule has 0 saturated heterocycles. The van der Waals surface area contributed by atoms with Crippen molar-refractivity contribution in [2.24, 2.45) is 0 Å². The van der Waals surface area contributed by atoms with Gasteiger partial charge in [0.15, 0.2) is 0 Å². The summed E-state index contributed by atoms with van der Waals surface area (Å²) in [7, 11) is 0. The van der Waals surface area contributed by atoms with Gasteiger partial charge in [-0.1, -0.05) is 12.1 Å². The minimum Gasteiger partial charge on any atom is -0.477 e. The van der Waals surface area contributed by atoms with E-state index in [1.807, 2.05) is 36.4 Å². The number of halogens is 2. The summed E-state index contributed by atoms with van der Waals surface area (Å²) >= 11 is 2.08. The number of hydrogen-bond acceptors (Lipinski definition) is 0. The molecule has 0 aliphatic heterocycles. The van der Waals surface area contributed by atoms with Crippen LogP contribution in [0.4, 0.5) is 0 Å². The third-order valence-corrected chi connectivity index (χ3v) is 1.98. The predicted octanol–water partition coefficient (Wildman–Crippen LogP) is 6.48. The zero-order valence-electron chi connectivity index (χ0n) is 15.1. The van der Waals surface area contributed by atoms with Gasteiger partial charge in [-0.25, -0.2) is 12.2 Å². The Balaban J connectivity index is -0.000000258. The molecule has 0 radical (unpaired) electrons. The van der Waals surface area contributed by atoms with Crippen molar-refractivity contribution in [3.05, 3.63) is 66.8 Å². The molecule has 2 aromatic rings. The quantitative estimate of drug-likeness (QED) is 0.384. The van der Waals surface area contributed by atoms with Crippen molar-refractivity contribution < 1.29 is 20.0 Å². The molecule has 1 heterocycles. The Bertz CT molecular complexity index is 539. The van der Waals surface area contributed by atoms with Crippen molar-refractivity contribution in [2.45, 2.75) is 41.0 Å². The zero-order valence-corrected chi connectivity index (χ0v) is 18.3. The number of nitrogens with one attached hydrogen (secondary N) is 1. The molecule has 0 unspecified atom stereocenters. The fourth-order valence-corrected chi connectivity index (χ4v) is 1.27. The van der Waals surface area contributed by atoms with Crippen molar-refractivity contribution in [2.75, 3.05) is 0 Å². The van der Waals surface area contributed by atoms with Gasteiger partial charge >= 0.3 is 37.6 Å². The minimum absolute atomic E-state index is 0. The molecule has 0 saturated carbocycles. The Labute approximate surface area is 171 Å². The average Bonchev–Trinajstić information content (AvgIpc) is 3.12. The molecule has 0 amide bonds. The molecular weight excluding hydrogens is 373 g/mol. The Morgan fingerprint density at radius 1 is 1.12 bits per heavy atom. The van der Waals surface area contributed by atoms with Gasteiger partial charge in [-0.2, -0.15) is 38.3 Å². The molecule has 1 aliphatic rings. The summed E-state index contributed by atoms with van der Waals surface area (Å²) in [6.45, 7) is 10.4. The van der Waals surface area contributed by atoms with Gasteiger partial charge in [0.05, 0.1) is 0 Å². The van der Waals surface area contributed by atoms with Gasteiger partial charge in [0.25, 0.3) is 0 Å². The summed E-state index contributed by atoms with van der Waals surface area (Å²) in [6.07, 6.45) is 12.9. The van der Waals surface area contributed by atoms with Crippen LogP contribution in [-0.2, 0) is 20.0 Å². The summed E-state index contributed by atoms with van der Waals surface area (Å²) in [5.74, 6) is 1.42. The number of fused-ring (bicyclic) bond motifs is 1. The van der Waals surface area contributed by atoms with Gasteiger partial charge in [0.2, 0.25) is 0 Å². The number of H-pyrrole nitrogens is 1. The van der Waals surface area contributed by atoms with Crippen LogP contribution in [0.15, 0.2) is 48.6 Å². The molecule has 134 valence electrons. The monoisotopic (exact) mass is 400 g/mol. The van der Waals surface area contributed by atoms with Crippen LogP contribution in [0.1, 0.15) is 41.0 Å². The summed E-state index contributed by atoms with van der Waals surface area (Å²) in [5.41, 5.74) is 1.15. The van der Waals surface area contributed by atoms with E-state index in [4.69, 9.17) is 0 Å². The molecular formula is C20H28Cl2NTi-3. The first-order chi connectivity index (χ1) is 10.4. The van der Waals surface area contributed by atoms with Gasteiger partial charge < -0.3 is 10.9 Å². The summed E-state index contributed by atoms with van der Waals surface area (Å²) in [4.78, 5) is 2.99. The smallest absolute Gasteiger partial charge is 0.0745 e. The van der Waals surface area contributed by atoms with Gasteiger partial charge in [-0.3, -0.25) is 6.08 Å². The molecule has 1 nitrogen and oxygen atoms in total. The predicted molar refractivity (Wildman–Crippen MR) is 110 cm³/mol.